The summed E-state index contributed by atoms with van der Waals surface area (Å²) < 4.78 is 35.1. The number of hydrogen-bond donors (Lipinski definition) is 1. The number of fused-ring (bicyclic) bond motifs is 1. The van der Waals surface area contributed by atoms with Crippen LogP contribution in [0, 0.1) is 12.8 Å². The first-order valence-electron chi connectivity index (χ1n) is 11.3. The number of nitrogens with zero attached hydrogens (tertiary/aromatic N) is 4. The number of hydrogen-bond acceptors (Lipinski definition) is 7. The van der Waals surface area contributed by atoms with Crippen LogP contribution in [0.15, 0.2) is 53.4 Å². The Morgan fingerprint density at radius 2 is 1.89 bits per heavy atom. The van der Waals surface area contributed by atoms with Crippen molar-refractivity contribution in [2.75, 3.05) is 25.5 Å². The average molecular weight is 546 g/mol. The van der Waals surface area contributed by atoms with Gasteiger partial charge < -0.3 is 10.1 Å². The number of aromatic nitrogens is 3. The molecule has 1 fully saturated rings. The molecule has 2 aromatic carbocycles. The molecule has 2 aromatic heterocycles. The molecule has 0 saturated carbocycles. The van der Waals surface area contributed by atoms with E-state index in [1.54, 1.807) is 28.9 Å². The van der Waals surface area contributed by atoms with Gasteiger partial charge in [0.25, 0.3) is 0 Å². The lowest BCUT2D eigenvalue weighted by molar-refractivity contribution is -0.120. The summed E-state index contributed by atoms with van der Waals surface area (Å²) in [6, 6.07) is 13.7. The normalized spacial score (nSPS) is 15.3. The van der Waals surface area contributed by atoms with Crippen LogP contribution >= 0.6 is 22.9 Å². The minimum atomic E-state index is -3.64. The maximum Gasteiger partial charge on any atom is 0.243 e. The Labute approximate surface area is 217 Å². The molecule has 0 radical (unpaired) electrons. The summed E-state index contributed by atoms with van der Waals surface area (Å²) in [5.41, 5.74) is 1.42. The first kappa shape index (κ1) is 24.7. The van der Waals surface area contributed by atoms with Crippen molar-refractivity contribution < 1.29 is 17.9 Å². The Balaban J connectivity index is 1.28. The molecule has 1 amide bonds. The maximum absolute atomic E-state index is 13.1. The maximum atomic E-state index is 13.1. The number of ether oxygens (including phenoxy) is 1. The van der Waals surface area contributed by atoms with Gasteiger partial charge >= 0.3 is 0 Å². The first-order chi connectivity index (χ1) is 17.3. The number of carbonyl (C=O) groups is 1. The zero-order valence-electron chi connectivity index (χ0n) is 19.6. The first-order valence-corrected chi connectivity index (χ1v) is 14.0. The van der Waals surface area contributed by atoms with E-state index in [-0.39, 0.29) is 29.8 Å². The molecule has 0 aliphatic carbocycles. The summed E-state index contributed by atoms with van der Waals surface area (Å²) in [6.07, 6.45) is 0.843. The molecule has 4 aromatic rings. The summed E-state index contributed by atoms with van der Waals surface area (Å²) in [6.45, 7) is 2.37. The smallest absolute Gasteiger partial charge is 0.243 e. The van der Waals surface area contributed by atoms with Gasteiger partial charge in [-0.2, -0.15) is 14.1 Å². The highest BCUT2D eigenvalue weighted by Gasteiger charge is 2.32. The largest absolute Gasteiger partial charge is 0.497 e. The number of sulfonamides is 1. The molecule has 1 aliphatic heterocycles. The van der Waals surface area contributed by atoms with Gasteiger partial charge in [-0.15, -0.1) is 0 Å². The van der Waals surface area contributed by atoms with E-state index >= 15 is 0 Å². The quantitative estimate of drug-likeness (QED) is 0.382. The SMILES string of the molecule is COc1ccc(S(=O)(=O)N2CCC(C(=O)Nc3cc(C)nn3-c3nc4c(Cl)cccc4s3)CC2)cc1. The van der Waals surface area contributed by atoms with Crippen molar-refractivity contribution in [3.8, 4) is 10.9 Å². The van der Waals surface area contributed by atoms with Crippen LogP contribution in [-0.2, 0) is 14.8 Å². The van der Waals surface area contributed by atoms with Gasteiger partial charge in [0.1, 0.15) is 17.1 Å². The number of rotatable bonds is 6. The Morgan fingerprint density at radius 3 is 2.56 bits per heavy atom. The van der Waals surface area contributed by atoms with Crippen molar-refractivity contribution in [2.24, 2.45) is 5.92 Å². The third kappa shape index (κ3) is 4.71. The lowest BCUT2D eigenvalue weighted by Gasteiger charge is -2.30. The summed E-state index contributed by atoms with van der Waals surface area (Å²) in [4.78, 5) is 17.9. The van der Waals surface area contributed by atoms with Gasteiger partial charge in [0.2, 0.25) is 21.1 Å². The predicted molar refractivity (Wildman–Crippen MR) is 140 cm³/mol. The molecule has 5 rings (SSSR count). The fraction of sp³-hybridized carbons (Fsp3) is 0.292. The van der Waals surface area contributed by atoms with E-state index in [2.05, 4.69) is 15.4 Å². The van der Waals surface area contributed by atoms with Crippen LogP contribution in [0.4, 0.5) is 5.82 Å². The molecule has 9 nitrogen and oxygen atoms in total. The zero-order valence-corrected chi connectivity index (χ0v) is 22.0. The van der Waals surface area contributed by atoms with Crippen molar-refractivity contribution in [3.05, 3.63) is 59.2 Å². The number of anilines is 1. The number of aryl methyl sites for hydroxylation is 1. The molecule has 0 bridgehead atoms. The lowest BCUT2D eigenvalue weighted by atomic mass is 9.97. The molecule has 188 valence electrons. The van der Waals surface area contributed by atoms with Crippen molar-refractivity contribution >= 4 is 54.9 Å². The summed E-state index contributed by atoms with van der Waals surface area (Å²) >= 11 is 7.71. The van der Waals surface area contributed by atoms with Crippen LogP contribution in [0.3, 0.4) is 0 Å². The summed E-state index contributed by atoms with van der Waals surface area (Å²) in [5.74, 6) is 0.617. The second kappa shape index (κ2) is 9.81. The third-order valence-electron chi connectivity index (χ3n) is 6.14. The minimum Gasteiger partial charge on any atom is -0.497 e. The van der Waals surface area contributed by atoms with Crippen LogP contribution in [0.1, 0.15) is 18.5 Å². The molecular weight excluding hydrogens is 522 g/mol. The molecule has 3 heterocycles. The Kier molecular flexibility index (Phi) is 6.73. The number of para-hydroxylation sites is 1. The van der Waals surface area contributed by atoms with E-state index in [9.17, 15) is 13.2 Å². The molecule has 0 unspecified atom stereocenters. The standard InChI is InChI=1S/C24H24ClN5O4S2/c1-15-14-21(30(28-15)24-27-22-19(25)4-3-5-20(22)35-24)26-23(31)16-10-12-29(13-11-16)36(32,33)18-8-6-17(34-2)7-9-18/h3-9,14,16H,10-13H2,1-2H3,(H,26,31). The zero-order chi connectivity index (χ0) is 25.4. The van der Waals surface area contributed by atoms with E-state index in [1.807, 2.05) is 19.1 Å². The Hall–Kier alpha value is -2.99. The number of thiazole rings is 1. The average Bonchev–Trinajstić information content (AvgIpc) is 3.48. The van der Waals surface area contributed by atoms with Crippen molar-refractivity contribution in [1.29, 1.82) is 0 Å². The number of nitrogens with one attached hydrogen (secondary N) is 1. The van der Waals surface area contributed by atoms with Gasteiger partial charge in [-0.25, -0.2) is 13.4 Å². The Bertz CT molecular complexity index is 1520. The molecule has 1 N–H and O–H groups in total. The monoisotopic (exact) mass is 545 g/mol. The van der Waals surface area contributed by atoms with Gasteiger partial charge in [0, 0.05) is 25.1 Å². The fourth-order valence-electron chi connectivity index (χ4n) is 4.21. The van der Waals surface area contributed by atoms with Crippen LogP contribution in [0.2, 0.25) is 5.02 Å². The number of carbonyl (C=O) groups excluding carboxylic acids is 1. The van der Waals surface area contributed by atoms with E-state index < -0.39 is 10.0 Å². The number of benzene rings is 2. The van der Waals surface area contributed by atoms with Crippen LogP contribution in [0.25, 0.3) is 15.3 Å². The highest BCUT2D eigenvalue weighted by atomic mass is 35.5. The van der Waals surface area contributed by atoms with Crippen molar-refractivity contribution in [2.45, 2.75) is 24.7 Å². The van der Waals surface area contributed by atoms with E-state index in [0.29, 0.717) is 40.1 Å². The lowest BCUT2D eigenvalue weighted by Crippen LogP contribution is -2.41. The molecule has 0 spiro atoms. The number of methoxy groups -OCH3 is 1. The highest BCUT2D eigenvalue weighted by molar-refractivity contribution is 7.89. The van der Waals surface area contributed by atoms with Crippen molar-refractivity contribution in [3.63, 3.8) is 0 Å². The second-order valence-corrected chi connectivity index (χ2v) is 11.9. The molecule has 0 atom stereocenters. The van der Waals surface area contributed by atoms with Gasteiger partial charge in [-0.1, -0.05) is 29.0 Å². The predicted octanol–water partition coefficient (Wildman–Crippen LogP) is 4.49. The number of piperidine rings is 1. The molecular formula is C24H24ClN5O4S2. The third-order valence-corrected chi connectivity index (χ3v) is 9.36. The van der Waals surface area contributed by atoms with E-state index in [1.165, 1.54) is 34.9 Å². The van der Waals surface area contributed by atoms with Crippen LogP contribution in [0.5, 0.6) is 5.75 Å². The summed E-state index contributed by atoms with van der Waals surface area (Å²) in [7, 11) is -2.11. The second-order valence-electron chi connectivity index (χ2n) is 8.51. The molecule has 1 aliphatic rings. The van der Waals surface area contributed by atoms with Crippen molar-refractivity contribution in [1.82, 2.24) is 19.1 Å². The van der Waals surface area contributed by atoms with Gasteiger partial charge in [-0.3, -0.25) is 4.79 Å². The fourth-order valence-corrected chi connectivity index (χ4v) is 6.91. The van der Waals surface area contributed by atoms with Crippen LogP contribution in [-0.4, -0.2) is 53.6 Å². The van der Waals surface area contributed by atoms with Gasteiger partial charge in [0.05, 0.1) is 27.4 Å². The van der Waals surface area contributed by atoms with E-state index in [4.69, 9.17) is 16.3 Å². The molecule has 36 heavy (non-hydrogen) atoms. The highest BCUT2D eigenvalue weighted by Crippen LogP contribution is 2.32. The number of amides is 1. The number of halogens is 1. The molecule has 1 saturated heterocycles. The van der Waals surface area contributed by atoms with Gasteiger partial charge in [0.15, 0.2) is 0 Å². The van der Waals surface area contributed by atoms with Crippen LogP contribution < -0.4 is 10.1 Å². The topological polar surface area (TPSA) is 106 Å². The summed E-state index contributed by atoms with van der Waals surface area (Å²) in [5, 5.41) is 8.63. The minimum absolute atomic E-state index is 0.170. The Morgan fingerprint density at radius 1 is 1.17 bits per heavy atom. The molecule has 12 heteroatoms. The van der Waals surface area contributed by atoms with Gasteiger partial charge in [-0.05, 0) is 56.2 Å². The van der Waals surface area contributed by atoms with E-state index in [0.717, 1.165) is 10.4 Å².